The van der Waals surface area contributed by atoms with Crippen LogP contribution in [-0.2, 0) is 0 Å². The molecule has 1 aliphatic carbocycles. The van der Waals surface area contributed by atoms with E-state index in [-0.39, 0.29) is 0 Å². The molecule has 1 aromatic rings. The van der Waals surface area contributed by atoms with Gasteiger partial charge in [-0.25, -0.2) is 0 Å². The molecule has 0 spiro atoms. The molecule has 106 valence electrons. The number of nitrogens with zero attached hydrogens (tertiary/aromatic N) is 3. The molecule has 1 fully saturated rings. The summed E-state index contributed by atoms with van der Waals surface area (Å²) in [6.45, 7) is 8.60. The number of hydrogen-bond donors (Lipinski definition) is 2. The lowest BCUT2D eigenvalue weighted by Gasteiger charge is -2.09. The SMILES string of the molecule is CCCNc1nc(NCC2CC2C)nc(OCC)n1. The maximum Gasteiger partial charge on any atom is 0.323 e. The fourth-order valence-electron chi connectivity index (χ4n) is 1.85. The highest BCUT2D eigenvalue weighted by Crippen LogP contribution is 2.37. The lowest BCUT2D eigenvalue weighted by Crippen LogP contribution is -2.13. The Hall–Kier alpha value is -1.59. The third-order valence-electron chi connectivity index (χ3n) is 3.22. The molecule has 2 rings (SSSR count). The third kappa shape index (κ3) is 4.22. The van der Waals surface area contributed by atoms with Crippen LogP contribution >= 0.6 is 0 Å². The van der Waals surface area contributed by atoms with E-state index >= 15 is 0 Å². The largest absolute Gasteiger partial charge is 0.464 e. The first kappa shape index (κ1) is 13.8. The van der Waals surface area contributed by atoms with E-state index in [0.29, 0.717) is 24.5 Å². The minimum atomic E-state index is 0.377. The van der Waals surface area contributed by atoms with Crippen LogP contribution in [0, 0.1) is 11.8 Å². The van der Waals surface area contributed by atoms with Crippen molar-refractivity contribution in [3.8, 4) is 6.01 Å². The van der Waals surface area contributed by atoms with Gasteiger partial charge in [0.25, 0.3) is 0 Å². The summed E-state index contributed by atoms with van der Waals surface area (Å²) in [5, 5.41) is 6.43. The van der Waals surface area contributed by atoms with Crippen LogP contribution in [0.1, 0.15) is 33.6 Å². The molecule has 0 radical (unpaired) electrons. The Morgan fingerprint density at radius 1 is 1.16 bits per heavy atom. The van der Waals surface area contributed by atoms with Crippen LogP contribution in [0.2, 0.25) is 0 Å². The maximum atomic E-state index is 5.37. The van der Waals surface area contributed by atoms with E-state index in [1.54, 1.807) is 0 Å². The smallest absolute Gasteiger partial charge is 0.323 e. The minimum absolute atomic E-state index is 0.377. The summed E-state index contributed by atoms with van der Waals surface area (Å²) >= 11 is 0. The van der Waals surface area contributed by atoms with E-state index in [9.17, 15) is 0 Å². The Morgan fingerprint density at radius 2 is 1.84 bits per heavy atom. The Balaban J connectivity index is 1.99. The number of anilines is 2. The van der Waals surface area contributed by atoms with Crippen molar-refractivity contribution < 1.29 is 4.74 Å². The van der Waals surface area contributed by atoms with E-state index < -0.39 is 0 Å². The molecule has 0 amide bonds. The van der Waals surface area contributed by atoms with Crippen molar-refractivity contribution in [3.63, 3.8) is 0 Å². The summed E-state index contributed by atoms with van der Waals surface area (Å²) in [7, 11) is 0. The van der Waals surface area contributed by atoms with Crippen molar-refractivity contribution in [2.75, 3.05) is 30.3 Å². The molecule has 19 heavy (non-hydrogen) atoms. The normalized spacial score (nSPS) is 21.0. The zero-order valence-electron chi connectivity index (χ0n) is 11.9. The zero-order chi connectivity index (χ0) is 13.7. The minimum Gasteiger partial charge on any atom is -0.464 e. The van der Waals surface area contributed by atoms with Gasteiger partial charge in [-0.2, -0.15) is 15.0 Å². The number of aromatic nitrogens is 3. The molecular formula is C13H23N5O. The topological polar surface area (TPSA) is 72.0 Å². The second-order valence-electron chi connectivity index (χ2n) is 4.98. The Labute approximate surface area is 114 Å². The van der Waals surface area contributed by atoms with Gasteiger partial charge in [0.2, 0.25) is 11.9 Å². The number of ether oxygens (including phenoxy) is 1. The fourth-order valence-corrected chi connectivity index (χ4v) is 1.85. The standard InChI is InChI=1S/C13H23N5O/c1-4-6-14-11-16-12(15-8-10-7-9(10)3)18-13(17-11)19-5-2/h9-10H,4-8H2,1-3H3,(H2,14,15,16,17,18). The van der Waals surface area contributed by atoms with Crippen LogP contribution in [0.15, 0.2) is 0 Å². The van der Waals surface area contributed by atoms with Gasteiger partial charge >= 0.3 is 6.01 Å². The lowest BCUT2D eigenvalue weighted by molar-refractivity contribution is 0.312. The maximum absolute atomic E-state index is 5.37. The second-order valence-corrected chi connectivity index (χ2v) is 4.98. The Bertz CT molecular complexity index is 412. The molecule has 1 saturated carbocycles. The monoisotopic (exact) mass is 265 g/mol. The van der Waals surface area contributed by atoms with Gasteiger partial charge in [-0.15, -0.1) is 0 Å². The zero-order valence-corrected chi connectivity index (χ0v) is 11.9. The quantitative estimate of drug-likeness (QED) is 0.750. The van der Waals surface area contributed by atoms with Gasteiger partial charge in [0.15, 0.2) is 0 Å². The molecule has 2 unspecified atom stereocenters. The third-order valence-corrected chi connectivity index (χ3v) is 3.22. The summed E-state index contributed by atoms with van der Waals surface area (Å²) in [5.41, 5.74) is 0. The molecule has 1 heterocycles. The predicted molar refractivity (Wildman–Crippen MR) is 75.5 cm³/mol. The lowest BCUT2D eigenvalue weighted by atomic mass is 10.3. The van der Waals surface area contributed by atoms with Crippen molar-refractivity contribution in [3.05, 3.63) is 0 Å². The van der Waals surface area contributed by atoms with Crippen molar-refractivity contribution in [2.45, 2.75) is 33.6 Å². The van der Waals surface area contributed by atoms with Crippen LogP contribution in [0.4, 0.5) is 11.9 Å². The first-order valence-electron chi connectivity index (χ1n) is 7.09. The first-order chi connectivity index (χ1) is 9.22. The van der Waals surface area contributed by atoms with E-state index in [2.05, 4.69) is 39.4 Å². The molecule has 0 bridgehead atoms. The van der Waals surface area contributed by atoms with Gasteiger partial charge in [0.05, 0.1) is 6.61 Å². The van der Waals surface area contributed by atoms with Gasteiger partial charge in [-0.1, -0.05) is 13.8 Å². The summed E-state index contributed by atoms with van der Waals surface area (Å²) in [6.07, 6.45) is 2.31. The average molecular weight is 265 g/mol. The summed E-state index contributed by atoms with van der Waals surface area (Å²) in [6, 6.07) is 0.377. The molecule has 2 atom stereocenters. The predicted octanol–water partition coefficient (Wildman–Crippen LogP) is 2.16. The van der Waals surface area contributed by atoms with Gasteiger partial charge in [-0.3, -0.25) is 0 Å². The van der Waals surface area contributed by atoms with Crippen molar-refractivity contribution in [1.29, 1.82) is 0 Å². The van der Waals surface area contributed by atoms with Crippen molar-refractivity contribution in [1.82, 2.24) is 15.0 Å². The Kier molecular flexibility index (Phi) is 4.76. The van der Waals surface area contributed by atoms with Crippen LogP contribution in [-0.4, -0.2) is 34.6 Å². The van der Waals surface area contributed by atoms with E-state index in [4.69, 9.17) is 4.74 Å². The highest BCUT2D eigenvalue weighted by Gasteiger charge is 2.32. The summed E-state index contributed by atoms with van der Waals surface area (Å²) in [4.78, 5) is 12.8. The fraction of sp³-hybridized carbons (Fsp3) is 0.769. The van der Waals surface area contributed by atoms with E-state index in [1.165, 1.54) is 6.42 Å². The van der Waals surface area contributed by atoms with Gasteiger partial charge in [-0.05, 0) is 31.6 Å². The molecule has 0 aliphatic heterocycles. The number of hydrogen-bond acceptors (Lipinski definition) is 6. The van der Waals surface area contributed by atoms with Crippen molar-refractivity contribution in [2.24, 2.45) is 11.8 Å². The molecule has 0 saturated heterocycles. The van der Waals surface area contributed by atoms with Crippen LogP contribution in [0.25, 0.3) is 0 Å². The van der Waals surface area contributed by atoms with E-state index in [1.807, 2.05) is 6.92 Å². The highest BCUT2D eigenvalue weighted by molar-refractivity contribution is 5.36. The molecule has 6 heteroatoms. The molecule has 0 aromatic carbocycles. The number of rotatable bonds is 8. The molecule has 1 aliphatic rings. The number of nitrogens with one attached hydrogen (secondary N) is 2. The molecular weight excluding hydrogens is 242 g/mol. The van der Waals surface area contributed by atoms with Gasteiger partial charge < -0.3 is 15.4 Å². The second kappa shape index (κ2) is 6.54. The highest BCUT2D eigenvalue weighted by atomic mass is 16.5. The van der Waals surface area contributed by atoms with Gasteiger partial charge in [0.1, 0.15) is 0 Å². The van der Waals surface area contributed by atoms with E-state index in [0.717, 1.165) is 31.3 Å². The van der Waals surface area contributed by atoms with Crippen LogP contribution in [0.5, 0.6) is 6.01 Å². The van der Waals surface area contributed by atoms with Crippen LogP contribution in [0.3, 0.4) is 0 Å². The average Bonchev–Trinajstić information content (AvgIpc) is 3.10. The van der Waals surface area contributed by atoms with Gasteiger partial charge in [0, 0.05) is 13.1 Å². The summed E-state index contributed by atoms with van der Waals surface area (Å²) < 4.78 is 5.37. The van der Waals surface area contributed by atoms with Crippen molar-refractivity contribution >= 4 is 11.9 Å². The summed E-state index contributed by atoms with van der Waals surface area (Å²) in [5.74, 6) is 2.74. The van der Waals surface area contributed by atoms with Crippen LogP contribution < -0.4 is 15.4 Å². The molecule has 2 N–H and O–H groups in total. The molecule has 1 aromatic heterocycles. The molecule has 6 nitrogen and oxygen atoms in total. The first-order valence-corrected chi connectivity index (χ1v) is 7.09. The Morgan fingerprint density at radius 3 is 2.42 bits per heavy atom.